The highest BCUT2D eigenvalue weighted by atomic mass is 35.5. The van der Waals surface area contributed by atoms with E-state index >= 15 is 0 Å². The van der Waals surface area contributed by atoms with Crippen molar-refractivity contribution in [1.29, 1.82) is 0 Å². The maximum Gasteiger partial charge on any atom is 0.234 e. The number of anilines is 1. The van der Waals surface area contributed by atoms with Gasteiger partial charge in [0.05, 0.1) is 15.8 Å². The first-order valence-electron chi connectivity index (χ1n) is 7.23. The lowest BCUT2D eigenvalue weighted by molar-refractivity contribution is -0.113. The molecule has 3 rings (SSSR count). The van der Waals surface area contributed by atoms with Gasteiger partial charge in [0.2, 0.25) is 5.91 Å². The monoisotopic (exact) mass is 393 g/mol. The Bertz CT molecular complexity index is 915. The second-order valence-corrected chi connectivity index (χ2v) is 6.87. The van der Waals surface area contributed by atoms with Crippen LogP contribution in [0.5, 0.6) is 0 Å². The van der Waals surface area contributed by atoms with E-state index in [2.05, 4.69) is 20.4 Å². The third kappa shape index (κ3) is 4.50. The van der Waals surface area contributed by atoms with Crippen molar-refractivity contribution in [3.8, 4) is 5.82 Å². The average molecular weight is 394 g/mol. The van der Waals surface area contributed by atoms with Crippen molar-refractivity contribution in [1.82, 2.24) is 19.7 Å². The fraction of sp³-hybridized carbons (Fsp3) is 0.125. The van der Waals surface area contributed by atoms with E-state index in [9.17, 15) is 4.79 Å². The molecule has 0 aliphatic carbocycles. The van der Waals surface area contributed by atoms with E-state index in [1.807, 2.05) is 13.0 Å². The molecule has 0 unspecified atom stereocenters. The van der Waals surface area contributed by atoms with Crippen LogP contribution in [-0.2, 0) is 4.79 Å². The first-order chi connectivity index (χ1) is 12.0. The number of amides is 1. The number of carbonyl (C=O) groups is 1. The van der Waals surface area contributed by atoms with E-state index < -0.39 is 0 Å². The zero-order valence-electron chi connectivity index (χ0n) is 13.1. The van der Waals surface area contributed by atoms with Crippen LogP contribution in [0.1, 0.15) is 5.69 Å². The Morgan fingerprint density at radius 3 is 2.76 bits per heavy atom. The van der Waals surface area contributed by atoms with Crippen LogP contribution < -0.4 is 5.32 Å². The van der Waals surface area contributed by atoms with Gasteiger partial charge >= 0.3 is 0 Å². The summed E-state index contributed by atoms with van der Waals surface area (Å²) in [7, 11) is 0. The molecular formula is C16H13Cl2N5OS. The number of carbonyl (C=O) groups excluding carboxylic acids is 1. The van der Waals surface area contributed by atoms with Gasteiger partial charge in [0.15, 0.2) is 5.82 Å². The number of aryl methyl sites for hydroxylation is 1. The Labute approximate surface area is 158 Å². The van der Waals surface area contributed by atoms with Crippen molar-refractivity contribution in [3.63, 3.8) is 0 Å². The number of hydrogen-bond donors (Lipinski definition) is 1. The summed E-state index contributed by atoms with van der Waals surface area (Å²) in [4.78, 5) is 20.5. The lowest BCUT2D eigenvalue weighted by Crippen LogP contribution is -2.14. The first-order valence-corrected chi connectivity index (χ1v) is 8.98. The quantitative estimate of drug-likeness (QED) is 0.523. The summed E-state index contributed by atoms with van der Waals surface area (Å²) >= 11 is 13.1. The minimum Gasteiger partial charge on any atom is -0.325 e. The summed E-state index contributed by atoms with van der Waals surface area (Å²) < 4.78 is 1.71. The highest BCUT2D eigenvalue weighted by Crippen LogP contribution is 2.25. The molecule has 2 heterocycles. The number of rotatable bonds is 5. The molecule has 25 heavy (non-hydrogen) atoms. The minimum absolute atomic E-state index is 0.168. The van der Waals surface area contributed by atoms with Gasteiger partial charge in [-0.25, -0.2) is 14.6 Å². The number of thioether (sulfide) groups is 1. The normalized spacial score (nSPS) is 10.7. The Balaban J connectivity index is 1.62. The predicted octanol–water partition coefficient (Wildman–Crippen LogP) is 4.01. The highest BCUT2D eigenvalue weighted by Gasteiger charge is 2.09. The van der Waals surface area contributed by atoms with E-state index in [0.717, 1.165) is 5.69 Å². The number of halogens is 2. The summed E-state index contributed by atoms with van der Waals surface area (Å²) in [6, 6.07) is 8.61. The van der Waals surface area contributed by atoms with E-state index in [4.69, 9.17) is 23.2 Å². The van der Waals surface area contributed by atoms with Gasteiger partial charge < -0.3 is 5.32 Å². The van der Waals surface area contributed by atoms with Gasteiger partial charge in [-0.3, -0.25) is 4.79 Å². The summed E-state index contributed by atoms with van der Waals surface area (Å²) in [5.41, 5.74) is 1.56. The second kappa shape index (κ2) is 7.86. The topological polar surface area (TPSA) is 72.7 Å². The molecule has 0 aliphatic heterocycles. The van der Waals surface area contributed by atoms with Crippen molar-refractivity contribution >= 4 is 46.6 Å². The zero-order valence-corrected chi connectivity index (χ0v) is 15.4. The fourth-order valence-electron chi connectivity index (χ4n) is 2.04. The van der Waals surface area contributed by atoms with Crippen molar-refractivity contribution in [2.45, 2.75) is 11.9 Å². The molecule has 128 valence electrons. The summed E-state index contributed by atoms with van der Waals surface area (Å²) in [5.74, 6) is 0.693. The van der Waals surface area contributed by atoms with Crippen LogP contribution >= 0.6 is 35.0 Å². The first kappa shape index (κ1) is 17.7. The second-order valence-electron chi connectivity index (χ2n) is 5.06. The Hall–Kier alpha value is -2.09. The molecule has 0 bridgehead atoms. The number of benzene rings is 1. The molecule has 0 radical (unpaired) electrons. The molecule has 1 aromatic carbocycles. The summed E-state index contributed by atoms with van der Waals surface area (Å²) in [5, 5.41) is 8.49. The van der Waals surface area contributed by atoms with Crippen LogP contribution in [0.15, 0.2) is 47.9 Å². The van der Waals surface area contributed by atoms with Crippen LogP contribution in [0.25, 0.3) is 5.82 Å². The largest absolute Gasteiger partial charge is 0.325 e. The Morgan fingerprint density at radius 1 is 1.20 bits per heavy atom. The number of nitrogens with zero attached hydrogens (tertiary/aromatic N) is 4. The van der Waals surface area contributed by atoms with Crippen LogP contribution in [0.3, 0.4) is 0 Å². The average Bonchev–Trinajstić information content (AvgIpc) is 3.03. The molecule has 0 aliphatic rings. The summed E-state index contributed by atoms with van der Waals surface area (Å²) in [6.07, 6.45) is 3.16. The SMILES string of the molecule is Cc1ccnn1-c1cc(SCC(=O)Nc2ccc(Cl)c(Cl)c2)ncn1. The molecule has 0 spiro atoms. The van der Waals surface area contributed by atoms with Crippen LogP contribution in [0, 0.1) is 6.92 Å². The predicted molar refractivity (Wildman–Crippen MR) is 99.7 cm³/mol. The Morgan fingerprint density at radius 2 is 2.04 bits per heavy atom. The smallest absolute Gasteiger partial charge is 0.234 e. The van der Waals surface area contributed by atoms with Gasteiger partial charge in [0.25, 0.3) is 0 Å². The van der Waals surface area contributed by atoms with E-state index in [0.29, 0.717) is 26.6 Å². The molecular weight excluding hydrogens is 381 g/mol. The van der Waals surface area contributed by atoms with Crippen molar-refractivity contribution < 1.29 is 4.79 Å². The van der Waals surface area contributed by atoms with Gasteiger partial charge in [0, 0.05) is 23.6 Å². The Kier molecular flexibility index (Phi) is 5.57. The van der Waals surface area contributed by atoms with Gasteiger partial charge in [0.1, 0.15) is 11.4 Å². The van der Waals surface area contributed by atoms with E-state index in [1.165, 1.54) is 18.1 Å². The molecule has 1 N–H and O–H groups in total. The van der Waals surface area contributed by atoms with E-state index in [-0.39, 0.29) is 11.7 Å². The van der Waals surface area contributed by atoms with Gasteiger partial charge in [-0.05, 0) is 31.2 Å². The van der Waals surface area contributed by atoms with Gasteiger partial charge in [-0.1, -0.05) is 35.0 Å². The maximum absolute atomic E-state index is 12.1. The van der Waals surface area contributed by atoms with Crippen molar-refractivity contribution in [2.75, 3.05) is 11.1 Å². The molecule has 3 aromatic rings. The standard InChI is InChI=1S/C16H13Cl2N5OS/c1-10-4-5-21-23(10)14-7-16(20-9-19-14)25-8-15(24)22-11-2-3-12(17)13(18)6-11/h2-7,9H,8H2,1H3,(H,22,24). The van der Waals surface area contributed by atoms with Gasteiger partial charge in [-0.15, -0.1) is 0 Å². The van der Waals surface area contributed by atoms with Crippen molar-refractivity contribution in [3.05, 3.63) is 58.6 Å². The van der Waals surface area contributed by atoms with Crippen LogP contribution in [0.4, 0.5) is 5.69 Å². The van der Waals surface area contributed by atoms with Crippen LogP contribution in [0.2, 0.25) is 10.0 Å². The molecule has 9 heteroatoms. The minimum atomic E-state index is -0.168. The third-order valence-corrected chi connectivity index (χ3v) is 4.90. The highest BCUT2D eigenvalue weighted by molar-refractivity contribution is 7.99. The number of nitrogens with one attached hydrogen (secondary N) is 1. The van der Waals surface area contributed by atoms with Crippen molar-refractivity contribution in [2.24, 2.45) is 0 Å². The molecule has 0 saturated heterocycles. The molecule has 6 nitrogen and oxygen atoms in total. The number of aromatic nitrogens is 4. The van der Waals surface area contributed by atoms with E-state index in [1.54, 1.807) is 35.1 Å². The molecule has 0 saturated carbocycles. The lowest BCUT2D eigenvalue weighted by atomic mass is 10.3. The molecule has 0 fully saturated rings. The lowest BCUT2D eigenvalue weighted by Gasteiger charge is -2.07. The molecule has 1 amide bonds. The third-order valence-electron chi connectivity index (χ3n) is 3.23. The van der Waals surface area contributed by atoms with Gasteiger partial charge in [-0.2, -0.15) is 5.10 Å². The molecule has 0 atom stereocenters. The zero-order chi connectivity index (χ0) is 17.8. The fourth-order valence-corrected chi connectivity index (χ4v) is 3.00. The molecule has 2 aromatic heterocycles. The summed E-state index contributed by atoms with van der Waals surface area (Å²) in [6.45, 7) is 1.94. The maximum atomic E-state index is 12.1. The number of hydrogen-bond acceptors (Lipinski definition) is 5. The van der Waals surface area contributed by atoms with Crippen LogP contribution in [-0.4, -0.2) is 31.4 Å².